The molecule has 1 N–H and O–H groups in total. The van der Waals surface area contributed by atoms with Gasteiger partial charge in [-0.1, -0.05) is 19.9 Å². The number of methoxy groups -OCH3 is 1. The van der Waals surface area contributed by atoms with Gasteiger partial charge in [-0.25, -0.2) is 4.98 Å². The highest BCUT2D eigenvalue weighted by atomic mass is 16.5. The Morgan fingerprint density at radius 3 is 2.90 bits per heavy atom. The van der Waals surface area contributed by atoms with E-state index in [-0.39, 0.29) is 5.41 Å². The maximum atomic E-state index is 5.83. The predicted octanol–water partition coefficient (Wildman–Crippen LogP) is 2.77. The Labute approximate surface area is 121 Å². The van der Waals surface area contributed by atoms with Crippen molar-refractivity contribution in [2.24, 2.45) is 5.41 Å². The lowest BCUT2D eigenvalue weighted by atomic mass is 9.61. The quantitative estimate of drug-likeness (QED) is 0.833. The second-order valence-corrected chi connectivity index (χ2v) is 5.64. The van der Waals surface area contributed by atoms with Gasteiger partial charge < -0.3 is 14.8 Å². The maximum Gasteiger partial charge on any atom is 0.217 e. The van der Waals surface area contributed by atoms with Crippen molar-refractivity contribution in [3.05, 3.63) is 23.9 Å². The van der Waals surface area contributed by atoms with Crippen LogP contribution in [0, 0.1) is 5.41 Å². The first-order valence-electron chi connectivity index (χ1n) is 7.48. The maximum absolute atomic E-state index is 5.83. The Balaban J connectivity index is 1.95. The van der Waals surface area contributed by atoms with Gasteiger partial charge in [0.25, 0.3) is 0 Å². The van der Waals surface area contributed by atoms with Crippen molar-refractivity contribution in [3.63, 3.8) is 0 Å². The van der Waals surface area contributed by atoms with Gasteiger partial charge in [0.2, 0.25) is 5.88 Å². The molecule has 1 aliphatic carbocycles. The minimum atomic E-state index is 0.228. The van der Waals surface area contributed by atoms with Crippen LogP contribution in [0.25, 0.3) is 0 Å². The lowest BCUT2D eigenvalue weighted by Gasteiger charge is -2.53. The smallest absolute Gasteiger partial charge is 0.217 e. The minimum Gasteiger partial charge on any atom is -0.481 e. The number of hydrogen-bond acceptors (Lipinski definition) is 4. The van der Waals surface area contributed by atoms with E-state index in [2.05, 4.69) is 37.1 Å². The van der Waals surface area contributed by atoms with Gasteiger partial charge >= 0.3 is 0 Å². The van der Waals surface area contributed by atoms with Crippen molar-refractivity contribution in [1.29, 1.82) is 0 Å². The van der Waals surface area contributed by atoms with E-state index >= 15 is 0 Å². The summed E-state index contributed by atoms with van der Waals surface area (Å²) in [7, 11) is 1.66. The summed E-state index contributed by atoms with van der Waals surface area (Å²) < 4.78 is 11.1. The van der Waals surface area contributed by atoms with Crippen molar-refractivity contribution >= 4 is 0 Å². The van der Waals surface area contributed by atoms with E-state index in [1.807, 2.05) is 6.07 Å². The zero-order valence-corrected chi connectivity index (χ0v) is 13.0. The summed E-state index contributed by atoms with van der Waals surface area (Å²) in [6, 6.07) is 4.50. The Kier molecular flexibility index (Phi) is 5.00. The van der Waals surface area contributed by atoms with Gasteiger partial charge in [-0.2, -0.15) is 0 Å². The number of ether oxygens (including phenoxy) is 2. The third-order valence-electron chi connectivity index (χ3n) is 4.69. The molecule has 0 spiro atoms. The molecule has 0 amide bonds. The van der Waals surface area contributed by atoms with Crippen LogP contribution in [0.1, 0.15) is 39.2 Å². The summed E-state index contributed by atoms with van der Waals surface area (Å²) in [6.07, 6.45) is 4.35. The molecule has 1 saturated carbocycles. The zero-order valence-electron chi connectivity index (χ0n) is 13.0. The molecule has 1 aliphatic rings. The van der Waals surface area contributed by atoms with E-state index in [0.29, 0.717) is 18.0 Å². The molecule has 3 atom stereocenters. The van der Waals surface area contributed by atoms with E-state index in [1.54, 1.807) is 13.3 Å². The van der Waals surface area contributed by atoms with Crippen LogP contribution in [-0.2, 0) is 11.3 Å². The first-order chi connectivity index (χ1) is 9.65. The van der Waals surface area contributed by atoms with Gasteiger partial charge in [0.15, 0.2) is 0 Å². The van der Waals surface area contributed by atoms with Crippen LogP contribution in [-0.4, -0.2) is 30.8 Å². The van der Waals surface area contributed by atoms with Crippen LogP contribution < -0.4 is 10.1 Å². The first-order valence-corrected chi connectivity index (χ1v) is 7.48. The van der Waals surface area contributed by atoms with Gasteiger partial charge in [0.05, 0.1) is 13.2 Å². The molecule has 0 radical (unpaired) electrons. The molecule has 4 nitrogen and oxygen atoms in total. The number of aromatic nitrogens is 1. The van der Waals surface area contributed by atoms with Gasteiger partial charge in [0, 0.05) is 36.4 Å². The van der Waals surface area contributed by atoms with Gasteiger partial charge in [-0.15, -0.1) is 0 Å². The highest BCUT2D eigenvalue weighted by Gasteiger charge is 2.50. The van der Waals surface area contributed by atoms with Crippen molar-refractivity contribution in [3.8, 4) is 5.88 Å². The predicted molar refractivity (Wildman–Crippen MR) is 79.8 cm³/mol. The van der Waals surface area contributed by atoms with Crippen LogP contribution in [0.4, 0.5) is 0 Å². The van der Waals surface area contributed by atoms with Crippen LogP contribution in [0.3, 0.4) is 0 Å². The number of rotatable bonds is 7. The molecule has 0 bridgehead atoms. The highest BCUT2D eigenvalue weighted by molar-refractivity contribution is 5.25. The molecule has 1 fully saturated rings. The number of nitrogens with one attached hydrogen (secondary N) is 1. The molecule has 0 saturated heterocycles. The monoisotopic (exact) mass is 278 g/mol. The summed E-state index contributed by atoms with van der Waals surface area (Å²) >= 11 is 0. The molecule has 4 heteroatoms. The summed E-state index contributed by atoms with van der Waals surface area (Å²) in [5.74, 6) is 0.707. The Bertz CT molecular complexity index is 438. The molecule has 112 valence electrons. The molecule has 0 aliphatic heterocycles. The third kappa shape index (κ3) is 2.81. The first kappa shape index (κ1) is 15.3. The van der Waals surface area contributed by atoms with Crippen LogP contribution in [0.15, 0.2) is 18.3 Å². The Hall–Kier alpha value is -1.13. The summed E-state index contributed by atoms with van der Waals surface area (Å²) in [5.41, 5.74) is 1.33. The van der Waals surface area contributed by atoms with Crippen LogP contribution in [0.2, 0.25) is 0 Å². The van der Waals surface area contributed by atoms with Gasteiger partial charge in [-0.3, -0.25) is 0 Å². The van der Waals surface area contributed by atoms with E-state index in [4.69, 9.17) is 9.47 Å². The Morgan fingerprint density at radius 2 is 2.25 bits per heavy atom. The van der Waals surface area contributed by atoms with Gasteiger partial charge in [-0.05, 0) is 25.8 Å². The topological polar surface area (TPSA) is 43.4 Å². The average Bonchev–Trinajstić information content (AvgIpc) is 2.49. The van der Waals surface area contributed by atoms with Crippen molar-refractivity contribution in [1.82, 2.24) is 10.3 Å². The lowest BCUT2D eigenvalue weighted by Crippen LogP contribution is -2.61. The number of pyridine rings is 1. The minimum absolute atomic E-state index is 0.228. The molecular formula is C16H26N2O2. The molecule has 1 aromatic rings. The SMILES string of the molecule is CCOC1CC(NCc2cccnc2OC)C1(C)CC. The summed E-state index contributed by atoms with van der Waals surface area (Å²) in [5, 5.41) is 3.64. The van der Waals surface area contributed by atoms with Crippen LogP contribution in [0.5, 0.6) is 5.88 Å². The summed E-state index contributed by atoms with van der Waals surface area (Å²) in [4.78, 5) is 4.23. The van der Waals surface area contributed by atoms with E-state index in [0.717, 1.165) is 31.6 Å². The van der Waals surface area contributed by atoms with Crippen molar-refractivity contribution in [2.75, 3.05) is 13.7 Å². The highest BCUT2D eigenvalue weighted by Crippen LogP contribution is 2.46. The van der Waals surface area contributed by atoms with E-state index in [1.165, 1.54) is 0 Å². The van der Waals surface area contributed by atoms with Crippen molar-refractivity contribution < 1.29 is 9.47 Å². The second-order valence-electron chi connectivity index (χ2n) is 5.64. The standard InChI is InChI=1S/C16H26N2O2/c1-5-16(3)13(10-14(16)20-6-2)18-11-12-8-7-9-17-15(12)19-4/h7-9,13-14,18H,5-6,10-11H2,1-4H3. The number of nitrogens with zero attached hydrogens (tertiary/aromatic N) is 1. The molecule has 3 unspecified atom stereocenters. The fourth-order valence-corrected chi connectivity index (χ4v) is 3.04. The second kappa shape index (κ2) is 6.55. The normalized spacial score (nSPS) is 29.0. The largest absolute Gasteiger partial charge is 0.481 e. The fraction of sp³-hybridized carbons (Fsp3) is 0.688. The van der Waals surface area contributed by atoms with E-state index < -0.39 is 0 Å². The lowest BCUT2D eigenvalue weighted by molar-refractivity contribution is -0.126. The third-order valence-corrected chi connectivity index (χ3v) is 4.69. The molecule has 2 rings (SSSR count). The van der Waals surface area contributed by atoms with Crippen molar-refractivity contribution in [2.45, 2.75) is 52.3 Å². The molecule has 0 aromatic carbocycles. The van der Waals surface area contributed by atoms with E-state index in [9.17, 15) is 0 Å². The fourth-order valence-electron chi connectivity index (χ4n) is 3.04. The molecular weight excluding hydrogens is 252 g/mol. The summed E-state index contributed by atoms with van der Waals surface area (Å²) in [6.45, 7) is 8.20. The molecule has 1 aromatic heterocycles. The molecule has 20 heavy (non-hydrogen) atoms. The van der Waals surface area contributed by atoms with Gasteiger partial charge in [0.1, 0.15) is 0 Å². The average molecular weight is 278 g/mol. The molecule has 1 heterocycles. The van der Waals surface area contributed by atoms with Crippen LogP contribution >= 0.6 is 0 Å². The zero-order chi connectivity index (χ0) is 14.6. The Morgan fingerprint density at radius 1 is 1.45 bits per heavy atom. The number of hydrogen-bond donors (Lipinski definition) is 1.